The van der Waals surface area contributed by atoms with Crippen LogP contribution in [0.5, 0.6) is 5.75 Å². The SMILES string of the molecule is CN1CCC[C@@H](Nc2nnc(-c3ccc(Cl)cc3O)n3ccnc23)C1.O=CO. The Labute approximate surface area is 166 Å². The molecular weight excluding hydrogens is 384 g/mol. The van der Waals surface area contributed by atoms with E-state index < -0.39 is 0 Å². The maximum Gasteiger partial charge on any atom is 0.290 e. The Balaban J connectivity index is 0.000000706. The summed E-state index contributed by atoms with van der Waals surface area (Å²) in [6.07, 6.45) is 5.76. The highest BCUT2D eigenvalue weighted by Gasteiger charge is 2.20. The van der Waals surface area contributed by atoms with E-state index in [0.29, 0.717) is 33.9 Å². The lowest BCUT2D eigenvalue weighted by atomic mass is 10.1. The zero-order valence-corrected chi connectivity index (χ0v) is 16.0. The van der Waals surface area contributed by atoms with Gasteiger partial charge in [0.2, 0.25) is 0 Å². The minimum atomic E-state index is -0.250. The van der Waals surface area contributed by atoms with E-state index in [1.165, 1.54) is 6.07 Å². The van der Waals surface area contributed by atoms with Crippen LogP contribution in [0.15, 0.2) is 30.6 Å². The number of phenols is 1. The van der Waals surface area contributed by atoms with Gasteiger partial charge in [-0.3, -0.25) is 9.20 Å². The fourth-order valence-corrected chi connectivity index (χ4v) is 3.45. The summed E-state index contributed by atoms with van der Waals surface area (Å²) in [5, 5.41) is 29.7. The molecule has 1 aliphatic heterocycles. The van der Waals surface area contributed by atoms with Crippen molar-refractivity contribution in [1.82, 2.24) is 24.5 Å². The summed E-state index contributed by atoms with van der Waals surface area (Å²) < 4.78 is 1.82. The van der Waals surface area contributed by atoms with Crippen molar-refractivity contribution in [3.8, 4) is 17.1 Å². The number of aromatic hydroxyl groups is 1. The molecule has 4 rings (SSSR count). The van der Waals surface area contributed by atoms with Crippen molar-refractivity contribution in [1.29, 1.82) is 0 Å². The number of nitrogens with one attached hydrogen (secondary N) is 1. The normalized spacial score (nSPS) is 17.0. The third-order valence-corrected chi connectivity index (χ3v) is 4.73. The summed E-state index contributed by atoms with van der Waals surface area (Å²) in [6, 6.07) is 5.25. The highest BCUT2D eigenvalue weighted by atomic mass is 35.5. The van der Waals surface area contributed by atoms with Gasteiger partial charge in [-0.05, 0) is 44.6 Å². The summed E-state index contributed by atoms with van der Waals surface area (Å²) in [5.41, 5.74) is 1.25. The molecule has 2 aromatic heterocycles. The summed E-state index contributed by atoms with van der Waals surface area (Å²) in [5.74, 6) is 1.24. The number of halogens is 1. The zero-order valence-electron chi connectivity index (χ0n) is 15.3. The molecule has 1 fully saturated rings. The van der Waals surface area contributed by atoms with E-state index in [1.54, 1.807) is 18.3 Å². The predicted molar refractivity (Wildman–Crippen MR) is 106 cm³/mol. The molecule has 0 saturated carbocycles. The highest BCUT2D eigenvalue weighted by Crippen LogP contribution is 2.31. The first-order valence-corrected chi connectivity index (χ1v) is 9.13. The summed E-state index contributed by atoms with van der Waals surface area (Å²) in [4.78, 5) is 15.1. The van der Waals surface area contributed by atoms with Crippen LogP contribution >= 0.6 is 11.6 Å². The van der Waals surface area contributed by atoms with E-state index >= 15 is 0 Å². The molecule has 0 spiro atoms. The van der Waals surface area contributed by atoms with Crippen molar-refractivity contribution in [3.63, 3.8) is 0 Å². The van der Waals surface area contributed by atoms with Gasteiger partial charge in [0.15, 0.2) is 17.3 Å². The number of piperidine rings is 1. The van der Waals surface area contributed by atoms with Crippen LogP contribution in [-0.4, -0.2) is 67.3 Å². The van der Waals surface area contributed by atoms with Crippen LogP contribution in [0.1, 0.15) is 12.8 Å². The number of anilines is 1. The molecule has 0 aliphatic carbocycles. The van der Waals surface area contributed by atoms with Gasteiger partial charge in [0.05, 0.1) is 5.56 Å². The van der Waals surface area contributed by atoms with E-state index in [2.05, 4.69) is 32.4 Å². The lowest BCUT2D eigenvalue weighted by Gasteiger charge is -2.30. The fourth-order valence-electron chi connectivity index (χ4n) is 3.29. The Kier molecular flexibility index (Phi) is 6.27. The Morgan fingerprint density at radius 3 is 2.86 bits per heavy atom. The molecule has 1 saturated heterocycles. The first-order chi connectivity index (χ1) is 13.5. The van der Waals surface area contributed by atoms with Crippen molar-refractivity contribution in [2.45, 2.75) is 18.9 Å². The van der Waals surface area contributed by atoms with Crippen LogP contribution in [0.25, 0.3) is 17.0 Å². The van der Waals surface area contributed by atoms with Crippen LogP contribution < -0.4 is 5.32 Å². The van der Waals surface area contributed by atoms with Crippen molar-refractivity contribution < 1.29 is 15.0 Å². The van der Waals surface area contributed by atoms with Crippen LogP contribution in [0, 0.1) is 0 Å². The molecule has 0 amide bonds. The number of benzene rings is 1. The lowest BCUT2D eigenvalue weighted by Crippen LogP contribution is -2.40. The Morgan fingerprint density at radius 2 is 2.14 bits per heavy atom. The molecule has 0 bridgehead atoms. The maximum atomic E-state index is 10.2. The number of imidazole rings is 1. The molecule has 1 aromatic carbocycles. The van der Waals surface area contributed by atoms with E-state index in [4.69, 9.17) is 21.5 Å². The third-order valence-electron chi connectivity index (χ3n) is 4.49. The number of likely N-dealkylation sites (tertiary alicyclic amines) is 1. The van der Waals surface area contributed by atoms with E-state index in [9.17, 15) is 5.11 Å². The quantitative estimate of drug-likeness (QED) is 0.570. The summed E-state index contributed by atoms with van der Waals surface area (Å²) >= 11 is 5.92. The van der Waals surface area contributed by atoms with E-state index in [0.717, 1.165) is 25.9 Å². The van der Waals surface area contributed by atoms with Crippen molar-refractivity contribution in [2.75, 3.05) is 25.5 Å². The third kappa shape index (κ3) is 4.32. The van der Waals surface area contributed by atoms with Crippen molar-refractivity contribution >= 4 is 29.5 Å². The molecule has 1 aliphatic rings. The molecule has 0 unspecified atom stereocenters. The van der Waals surface area contributed by atoms with Crippen LogP contribution in [0.3, 0.4) is 0 Å². The average molecular weight is 405 g/mol. The van der Waals surface area contributed by atoms with Gasteiger partial charge in [0, 0.05) is 30.0 Å². The van der Waals surface area contributed by atoms with Crippen LogP contribution in [-0.2, 0) is 4.79 Å². The molecule has 1 atom stereocenters. The number of carbonyl (C=O) groups is 1. The second-order valence-electron chi connectivity index (χ2n) is 6.51. The second-order valence-corrected chi connectivity index (χ2v) is 6.94. The number of fused-ring (bicyclic) bond motifs is 1. The lowest BCUT2D eigenvalue weighted by molar-refractivity contribution is -0.122. The number of rotatable bonds is 3. The number of hydrogen-bond acceptors (Lipinski definition) is 7. The Bertz CT molecular complexity index is 964. The van der Waals surface area contributed by atoms with Crippen LogP contribution in [0.4, 0.5) is 5.82 Å². The largest absolute Gasteiger partial charge is 0.507 e. The number of phenolic OH excluding ortho intramolecular Hbond substituents is 1. The zero-order chi connectivity index (χ0) is 20.1. The van der Waals surface area contributed by atoms with Gasteiger partial charge in [0.1, 0.15) is 5.75 Å². The van der Waals surface area contributed by atoms with Crippen molar-refractivity contribution in [3.05, 3.63) is 35.6 Å². The first-order valence-electron chi connectivity index (χ1n) is 8.75. The number of nitrogens with zero attached hydrogens (tertiary/aromatic N) is 5. The van der Waals surface area contributed by atoms with Gasteiger partial charge in [-0.15, -0.1) is 10.2 Å². The molecule has 0 radical (unpaired) electrons. The number of likely N-dealkylation sites (N-methyl/N-ethyl adjacent to an activating group) is 1. The molecular formula is C18H21ClN6O3. The van der Waals surface area contributed by atoms with E-state index in [1.807, 2.05) is 10.6 Å². The molecule has 28 heavy (non-hydrogen) atoms. The van der Waals surface area contributed by atoms with Gasteiger partial charge in [0.25, 0.3) is 6.47 Å². The minimum absolute atomic E-state index is 0.0615. The Morgan fingerprint density at radius 1 is 1.36 bits per heavy atom. The molecule has 9 nitrogen and oxygen atoms in total. The fraction of sp³-hybridized carbons (Fsp3) is 0.333. The standard InChI is InChI=1S/C17H19ClN6O.CH2O2/c1-23-7-2-3-12(10-23)20-15-17-19-6-8-24(17)16(22-21-15)13-5-4-11(18)9-14(13)25;2-1-3/h4-6,8-9,12,25H,2-3,7,10H2,1H3,(H,20,21);1H,(H,2,3)/t12-;/m1./s1. The van der Waals surface area contributed by atoms with Gasteiger partial charge in [-0.25, -0.2) is 4.98 Å². The first kappa shape index (κ1) is 19.8. The van der Waals surface area contributed by atoms with Gasteiger partial charge in [-0.1, -0.05) is 11.6 Å². The molecule has 10 heteroatoms. The topological polar surface area (TPSA) is 116 Å². The van der Waals surface area contributed by atoms with Gasteiger partial charge >= 0.3 is 0 Å². The monoisotopic (exact) mass is 404 g/mol. The van der Waals surface area contributed by atoms with E-state index in [-0.39, 0.29) is 12.2 Å². The molecule has 148 valence electrons. The average Bonchev–Trinajstić information content (AvgIpc) is 3.14. The van der Waals surface area contributed by atoms with Gasteiger partial charge < -0.3 is 20.4 Å². The molecule has 3 heterocycles. The number of hydrogen-bond donors (Lipinski definition) is 3. The summed E-state index contributed by atoms with van der Waals surface area (Å²) in [7, 11) is 2.12. The molecule has 3 aromatic rings. The number of aromatic nitrogens is 4. The van der Waals surface area contributed by atoms with Crippen molar-refractivity contribution in [2.24, 2.45) is 0 Å². The maximum absolute atomic E-state index is 10.2. The molecule has 3 N–H and O–H groups in total. The van der Waals surface area contributed by atoms with Crippen LogP contribution in [0.2, 0.25) is 5.02 Å². The van der Waals surface area contributed by atoms with Gasteiger partial charge in [-0.2, -0.15) is 0 Å². The minimum Gasteiger partial charge on any atom is -0.507 e. The smallest absolute Gasteiger partial charge is 0.290 e. The second kappa shape index (κ2) is 8.85. The summed E-state index contributed by atoms with van der Waals surface area (Å²) in [6.45, 7) is 1.84. The number of carboxylic acid groups (broad SMARTS) is 1. The predicted octanol–water partition coefficient (Wildman–Crippen LogP) is 2.36. The highest BCUT2D eigenvalue weighted by molar-refractivity contribution is 6.30. The Hall–Kier alpha value is -2.91.